The molecule has 0 amide bonds. The molecule has 0 aliphatic carbocycles. The van der Waals surface area contributed by atoms with Crippen LogP contribution in [0.15, 0.2) is 24.4 Å². The van der Waals surface area contributed by atoms with Crippen LogP contribution < -0.4 is 5.32 Å². The highest BCUT2D eigenvalue weighted by Crippen LogP contribution is 2.32. The van der Waals surface area contributed by atoms with Crippen molar-refractivity contribution in [1.29, 1.82) is 0 Å². The summed E-state index contributed by atoms with van der Waals surface area (Å²) in [6.07, 6.45) is 1.57. The molecule has 1 aromatic heterocycles. The Morgan fingerprint density at radius 1 is 1.25 bits per heavy atom. The lowest BCUT2D eigenvalue weighted by molar-refractivity contribution is 0.476. The molecular formula is C14H16Cl2FN3. The average molecular weight is 316 g/mol. The minimum atomic E-state index is -0.443. The van der Waals surface area contributed by atoms with E-state index in [1.165, 1.54) is 6.07 Å². The molecule has 0 radical (unpaired) electrons. The van der Waals surface area contributed by atoms with E-state index in [2.05, 4.69) is 10.4 Å². The first-order valence-corrected chi connectivity index (χ1v) is 7.07. The quantitative estimate of drug-likeness (QED) is 0.915. The summed E-state index contributed by atoms with van der Waals surface area (Å²) in [5, 5.41) is 7.92. The highest BCUT2D eigenvalue weighted by atomic mass is 35.5. The normalized spacial score (nSPS) is 12.9. The molecule has 1 atom stereocenters. The number of nitrogens with one attached hydrogen (secondary N) is 1. The molecule has 0 bridgehead atoms. The van der Waals surface area contributed by atoms with Gasteiger partial charge in [0.05, 0.1) is 28.0 Å². The predicted molar refractivity (Wildman–Crippen MR) is 79.9 cm³/mol. The Hall–Kier alpha value is -1.10. The van der Waals surface area contributed by atoms with E-state index in [4.69, 9.17) is 23.2 Å². The molecule has 0 spiro atoms. The molecule has 1 aromatic carbocycles. The van der Waals surface area contributed by atoms with Crippen LogP contribution in [0.4, 0.5) is 4.39 Å². The number of rotatable bonds is 4. The summed E-state index contributed by atoms with van der Waals surface area (Å²) >= 11 is 12.1. The van der Waals surface area contributed by atoms with Gasteiger partial charge in [-0.05, 0) is 27.0 Å². The van der Waals surface area contributed by atoms with Crippen LogP contribution in [0.1, 0.15) is 37.2 Å². The molecule has 0 aliphatic heterocycles. The molecular weight excluding hydrogens is 300 g/mol. The second kappa shape index (κ2) is 6.12. The standard InChI is InChI=1S/C14H16Cl2FN3/c1-8(2)20-14(11(16)7-19-20)13(18-3)9-5-4-6-10(15)12(9)17/h4-8,13,18H,1-3H3. The van der Waals surface area contributed by atoms with Crippen LogP contribution in [0.5, 0.6) is 0 Å². The second-order valence-corrected chi connectivity index (χ2v) is 5.60. The predicted octanol–water partition coefficient (Wildman–Crippen LogP) is 4.22. The Labute approximate surface area is 127 Å². The fourth-order valence-corrected chi connectivity index (χ4v) is 2.64. The maximum Gasteiger partial charge on any atom is 0.146 e. The highest BCUT2D eigenvalue weighted by Gasteiger charge is 2.25. The van der Waals surface area contributed by atoms with Gasteiger partial charge in [-0.25, -0.2) is 4.39 Å². The van der Waals surface area contributed by atoms with Crippen LogP contribution in [-0.4, -0.2) is 16.8 Å². The van der Waals surface area contributed by atoms with Crippen LogP contribution in [0.25, 0.3) is 0 Å². The zero-order valence-corrected chi connectivity index (χ0v) is 13.0. The van der Waals surface area contributed by atoms with E-state index in [1.54, 1.807) is 30.1 Å². The fraction of sp³-hybridized carbons (Fsp3) is 0.357. The number of nitrogens with zero attached hydrogens (tertiary/aromatic N) is 2. The summed E-state index contributed by atoms with van der Waals surface area (Å²) in [5.74, 6) is -0.443. The number of hydrogen-bond donors (Lipinski definition) is 1. The van der Waals surface area contributed by atoms with Crippen molar-refractivity contribution in [2.45, 2.75) is 25.9 Å². The van der Waals surface area contributed by atoms with Gasteiger partial charge in [0.15, 0.2) is 0 Å². The van der Waals surface area contributed by atoms with Crippen molar-refractivity contribution in [2.24, 2.45) is 0 Å². The molecule has 2 rings (SSSR count). The zero-order valence-electron chi connectivity index (χ0n) is 11.5. The first-order chi connectivity index (χ1) is 9.47. The minimum Gasteiger partial charge on any atom is -0.308 e. The van der Waals surface area contributed by atoms with Gasteiger partial charge >= 0.3 is 0 Å². The highest BCUT2D eigenvalue weighted by molar-refractivity contribution is 6.31. The van der Waals surface area contributed by atoms with Crippen LogP contribution in [0.2, 0.25) is 10.0 Å². The molecule has 2 aromatic rings. The van der Waals surface area contributed by atoms with Gasteiger partial charge in [0.1, 0.15) is 5.82 Å². The molecule has 3 nitrogen and oxygen atoms in total. The van der Waals surface area contributed by atoms with E-state index in [0.717, 1.165) is 5.69 Å². The number of benzene rings is 1. The van der Waals surface area contributed by atoms with E-state index in [-0.39, 0.29) is 11.1 Å². The Bertz CT molecular complexity index is 610. The lowest BCUT2D eigenvalue weighted by atomic mass is 10.0. The Morgan fingerprint density at radius 3 is 2.55 bits per heavy atom. The van der Waals surface area contributed by atoms with E-state index >= 15 is 0 Å². The van der Waals surface area contributed by atoms with Crippen LogP contribution >= 0.6 is 23.2 Å². The molecule has 1 unspecified atom stereocenters. The summed E-state index contributed by atoms with van der Waals surface area (Å²) in [6, 6.07) is 4.64. The summed E-state index contributed by atoms with van der Waals surface area (Å²) in [6.45, 7) is 3.99. The molecule has 0 aliphatic rings. The van der Waals surface area contributed by atoms with Crippen molar-refractivity contribution in [2.75, 3.05) is 7.05 Å². The van der Waals surface area contributed by atoms with Gasteiger partial charge < -0.3 is 5.32 Å². The third-order valence-electron chi connectivity index (χ3n) is 3.13. The molecule has 1 N–H and O–H groups in total. The minimum absolute atomic E-state index is 0.0921. The lowest BCUT2D eigenvalue weighted by Gasteiger charge is -2.21. The van der Waals surface area contributed by atoms with Crippen molar-refractivity contribution in [1.82, 2.24) is 15.1 Å². The van der Waals surface area contributed by atoms with Gasteiger partial charge in [-0.2, -0.15) is 5.10 Å². The van der Waals surface area contributed by atoms with E-state index in [0.29, 0.717) is 10.6 Å². The van der Waals surface area contributed by atoms with E-state index in [9.17, 15) is 4.39 Å². The first kappa shape index (κ1) is 15.3. The average Bonchev–Trinajstić information content (AvgIpc) is 2.78. The largest absolute Gasteiger partial charge is 0.308 e. The van der Waals surface area contributed by atoms with Crippen LogP contribution in [-0.2, 0) is 0 Å². The molecule has 20 heavy (non-hydrogen) atoms. The van der Waals surface area contributed by atoms with Crippen molar-refractivity contribution >= 4 is 23.2 Å². The van der Waals surface area contributed by atoms with E-state index < -0.39 is 11.9 Å². The second-order valence-electron chi connectivity index (χ2n) is 4.78. The van der Waals surface area contributed by atoms with Crippen molar-refractivity contribution in [3.8, 4) is 0 Å². The van der Waals surface area contributed by atoms with E-state index in [1.807, 2.05) is 13.8 Å². The summed E-state index contributed by atoms with van der Waals surface area (Å²) in [4.78, 5) is 0. The molecule has 6 heteroatoms. The number of halogens is 3. The monoisotopic (exact) mass is 315 g/mol. The molecule has 0 fully saturated rings. The van der Waals surface area contributed by atoms with Gasteiger partial charge in [0.25, 0.3) is 0 Å². The Balaban J connectivity index is 2.58. The maximum absolute atomic E-state index is 14.3. The molecule has 0 saturated heterocycles. The van der Waals surface area contributed by atoms with Crippen molar-refractivity contribution in [3.63, 3.8) is 0 Å². The molecule has 1 heterocycles. The van der Waals surface area contributed by atoms with Gasteiger partial charge in [-0.1, -0.05) is 35.3 Å². The SMILES string of the molecule is CNC(c1cccc(Cl)c1F)c1c(Cl)cnn1C(C)C. The van der Waals surface area contributed by atoms with Gasteiger partial charge in [-0.3, -0.25) is 4.68 Å². The Kier molecular flexibility index (Phi) is 4.68. The topological polar surface area (TPSA) is 29.9 Å². The van der Waals surface area contributed by atoms with Gasteiger partial charge in [-0.15, -0.1) is 0 Å². The smallest absolute Gasteiger partial charge is 0.146 e. The van der Waals surface area contributed by atoms with Crippen LogP contribution in [0.3, 0.4) is 0 Å². The third kappa shape index (κ3) is 2.68. The van der Waals surface area contributed by atoms with Gasteiger partial charge in [0, 0.05) is 11.6 Å². The number of hydrogen-bond acceptors (Lipinski definition) is 2. The summed E-state index contributed by atoms with van der Waals surface area (Å²) in [5.41, 5.74) is 1.18. The maximum atomic E-state index is 14.3. The molecule has 0 saturated carbocycles. The van der Waals surface area contributed by atoms with Gasteiger partial charge in [0.2, 0.25) is 0 Å². The first-order valence-electron chi connectivity index (χ1n) is 6.31. The molecule has 108 valence electrons. The zero-order chi connectivity index (χ0) is 14.9. The lowest BCUT2D eigenvalue weighted by Crippen LogP contribution is -2.23. The Morgan fingerprint density at radius 2 is 1.95 bits per heavy atom. The third-order valence-corrected chi connectivity index (χ3v) is 3.71. The van der Waals surface area contributed by atoms with Crippen molar-refractivity contribution < 1.29 is 4.39 Å². The summed E-state index contributed by atoms with van der Waals surface area (Å²) < 4.78 is 16.0. The van der Waals surface area contributed by atoms with Crippen molar-refractivity contribution in [3.05, 3.63) is 51.5 Å². The summed E-state index contributed by atoms with van der Waals surface area (Å²) in [7, 11) is 1.75. The van der Waals surface area contributed by atoms with Crippen LogP contribution in [0, 0.1) is 5.82 Å². The number of aromatic nitrogens is 2. The fourth-order valence-electron chi connectivity index (χ4n) is 2.22.